The molecule has 0 unspecified atom stereocenters. The Labute approximate surface area is 131 Å². The van der Waals surface area contributed by atoms with Gasteiger partial charge < -0.3 is 9.47 Å². The van der Waals surface area contributed by atoms with Crippen LogP contribution in [-0.4, -0.2) is 58.8 Å². The van der Waals surface area contributed by atoms with Crippen molar-refractivity contribution in [1.82, 2.24) is 9.62 Å². The molecule has 6 nitrogen and oxygen atoms in total. The minimum absolute atomic E-state index is 0.146. The molecule has 1 saturated heterocycles. The third kappa shape index (κ3) is 3.60. The third-order valence-electron chi connectivity index (χ3n) is 3.96. The zero-order valence-corrected chi connectivity index (χ0v) is 13.6. The number of sulfonamides is 1. The van der Waals surface area contributed by atoms with E-state index < -0.39 is 10.0 Å². The maximum atomic E-state index is 12.5. The van der Waals surface area contributed by atoms with E-state index in [1.54, 1.807) is 18.2 Å². The lowest BCUT2D eigenvalue weighted by Crippen LogP contribution is -2.45. The average Bonchev–Trinajstić information content (AvgIpc) is 2.95. The molecule has 0 radical (unpaired) electrons. The Balaban J connectivity index is 1.65. The topological polar surface area (TPSA) is 67.9 Å². The van der Waals surface area contributed by atoms with Crippen LogP contribution < -0.4 is 9.46 Å². The van der Waals surface area contributed by atoms with Gasteiger partial charge in [0.15, 0.2) is 0 Å². The SMILES string of the molecule is C[C@@H](CN1CCOCC1)NS(=O)(=O)c1ccc2c(c1)CCO2. The van der Waals surface area contributed by atoms with E-state index in [4.69, 9.17) is 9.47 Å². The molecule has 2 aliphatic rings. The molecule has 0 aromatic heterocycles. The number of fused-ring (bicyclic) bond motifs is 1. The molecule has 1 aromatic carbocycles. The maximum Gasteiger partial charge on any atom is 0.240 e. The molecular formula is C15H22N2O4S. The van der Waals surface area contributed by atoms with E-state index in [0.717, 1.165) is 30.8 Å². The summed E-state index contributed by atoms with van der Waals surface area (Å²) in [4.78, 5) is 2.53. The summed E-state index contributed by atoms with van der Waals surface area (Å²) >= 11 is 0. The summed E-state index contributed by atoms with van der Waals surface area (Å²) in [5, 5.41) is 0. The van der Waals surface area contributed by atoms with Crippen molar-refractivity contribution in [3.8, 4) is 5.75 Å². The number of ether oxygens (including phenoxy) is 2. The minimum atomic E-state index is -3.50. The maximum absolute atomic E-state index is 12.5. The third-order valence-corrected chi connectivity index (χ3v) is 5.55. The highest BCUT2D eigenvalue weighted by Gasteiger charge is 2.22. The van der Waals surface area contributed by atoms with E-state index in [2.05, 4.69) is 9.62 Å². The van der Waals surface area contributed by atoms with Crippen LogP contribution in [0.1, 0.15) is 12.5 Å². The van der Waals surface area contributed by atoms with Crippen LogP contribution in [0.5, 0.6) is 5.75 Å². The highest BCUT2D eigenvalue weighted by atomic mass is 32.2. The van der Waals surface area contributed by atoms with Crippen molar-refractivity contribution in [2.75, 3.05) is 39.5 Å². The fraction of sp³-hybridized carbons (Fsp3) is 0.600. The Morgan fingerprint density at radius 1 is 1.27 bits per heavy atom. The van der Waals surface area contributed by atoms with Crippen LogP contribution in [0.4, 0.5) is 0 Å². The molecule has 3 rings (SSSR count). The smallest absolute Gasteiger partial charge is 0.240 e. The first-order valence-corrected chi connectivity index (χ1v) is 9.11. The van der Waals surface area contributed by atoms with Gasteiger partial charge in [-0.25, -0.2) is 13.1 Å². The van der Waals surface area contributed by atoms with E-state index in [0.29, 0.717) is 31.3 Å². The van der Waals surface area contributed by atoms with Gasteiger partial charge in [-0.2, -0.15) is 0 Å². The largest absolute Gasteiger partial charge is 0.493 e. The Hall–Kier alpha value is -1.15. The van der Waals surface area contributed by atoms with E-state index in [1.807, 2.05) is 6.92 Å². The lowest BCUT2D eigenvalue weighted by Gasteiger charge is -2.29. The lowest BCUT2D eigenvalue weighted by atomic mass is 10.2. The van der Waals surface area contributed by atoms with Gasteiger partial charge in [-0.15, -0.1) is 0 Å². The monoisotopic (exact) mass is 326 g/mol. The Morgan fingerprint density at radius 3 is 2.82 bits per heavy atom. The Bertz CT molecular complexity index is 626. The summed E-state index contributed by atoms with van der Waals surface area (Å²) in [5.41, 5.74) is 0.962. The first-order chi connectivity index (χ1) is 10.5. The number of nitrogens with zero attached hydrogens (tertiary/aromatic N) is 1. The van der Waals surface area contributed by atoms with E-state index >= 15 is 0 Å². The molecule has 122 valence electrons. The highest BCUT2D eigenvalue weighted by molar-refractivity contribution is 7.89. The van der Waals surface area contributed by atoms with Crippen LogP contribution >= 0.6 is 0 Å². The van der Waals surface area contributed by atoms with Crippen LogP contribution in [0.15, 0.2) is 23.1 Å². The second-order valence-corrected chi connectivity index (χ2v) is 7.52. The molecule has 0 saturated carbocycles. The van der Waals surface area contributed by atoms with Crippen LogP contribution in [0.3, 0.4) is 0 Å². The van der Waals surface area contributed by atoms with Gasteiger partial charge in [0.2, 0.25) is 10.0 Å². The summed E-state index contributed by atoms with van der Waals surface area (Å²) in [7, 11) is -3.50. The Morgan fingerprint density at radius 2 is 2.05 bits per heavy atom. The van der Waals surface area contributed by atoms with Crippen LogP contribution in [0.25, 0.3) is 0 Å². The molecule has 1 aromatic rings. The second-order valence-electron chi connectivity index (χ2n) is 5.80. The second kappa shape index (κ2) is 6.54. The molecule has 0 spiro atoms. The number of benzene rings is 1. The number of rotatable bonds is 5. The first-order valence-electron chi connectivity index (χ1n) is 7.63. The number of hydrogen-bond donors (Lipinski definition) is 1. The molecule has 1 N–H and O–H groups in total. The summed E-state index contributed by atoms with van der Waals surface area (Å²) in [6.07, 6.45) is 0.766. The normalized spacial score (nSPS) is 20.4. The summed E-state index contributed by atoms with van der Waals surface area (Å²) in [5.74, 6) is 0.792. The fourth-order valence-corrected chi connectivity index (χ4v) is 4.16. The predicted molar refractivity (Wildman–Crippen MR) is 82.7 cm³/mol. The summed E-state index contributed by atoms with van der Waals surface area (Å²) < 4.78 is 38.5. The standard InChI is InChI=1S/C15H22N2O4S/c1-12(11-17-5-8-20-9-6-17)16-22(18,19)14-2-3-15-13(10-14)4-7-21-15/h2-3,10,12,16H,4-9,11H2,1H3/t12-/m0/s1. The summed E-state index contributed by atoms with van der Waals surface area (Å²) in [6.45, 7) is 6.33. The number of morpholine rings is 1. The predicted octanol–water partition coefficient (Wildman–Crippen LogP) is 0.620. The molecule has 1 atom stereocenters. The lowest BCUT2D eigenvalue weighted by molar-refractivity contribution is 0.0354. The van der Waals surface area contributed by atoms with Crippen molar-refractivity contribution in [1.29, 1.82) is 0 Å². The zero-order chi connectivity index (χ0) is 15.6. The number of nitrogens with one attached hydrogen (secondary N) is 1. The van der Waals surface area contributed by atoms with Crippen molar-refractivity contribution < 1.29 is 17.9 Å². The highest BCUT2D eigenvalue weighted by Crippen LogP contribution is 2.27. The van der Waals surface area contributed by atoms with Gasteiger partial charge >= 0.3 is 0 Å². The van der Waals surface area contributed by atoms with Crippen LogP contribution in [0, 0.1) is 0 Å². The van der Waals surface area contributed by atoms with Crippen molar-refractivity contribution in [3.63, 3.8) is 0 Å². The minimum Gasteiger partial charge on any atom is -0.493 e. The van der Waals surface area contributed by atoms with E-state index in [-0.39, 0.29) is 6.04 Å². The molecule has 22 heavy (non-hydrogen) atoms. The van der Waals surface area contributed by atoms with E-state index in [1.165, 1.54) is 0 Å². The van der Waals surface area contributed by atoms with Gasteiger partial charge in [-0.05, 0) is 30.7 Å². The van der Waals surface area contributed by atoms with Crippen LogP contribution in [0.2, 0.25) is 0 Å². The summed E-state index contributed by atoms with van der Waals surface area (Å²) in [6, 6.07) is 4.91. The van der Waals surface area contributed by atoms with E-state index in [9.17, 15) is 8.42 Å². The van der Waals surface area contributed by atoms with Gasteiger partial charge in [0.1, 0.15) is 5.75 Å². The van der Waals surface area contributed by atoms with Crippen molar-refractivity contribution in [3.05, 3.63) is 23.8 Å². The molecule has 0 bridgehead atoms. The molecule has 2 aliphatic heterocycles. The van der Waals surface area contributed by atoms with Gasteiger partial charge in [0.05, 0.1) is 24.7 Å². The van der Waals surface area contributed by atoms with Gasteiger partial charge in [0, 0.05) is 32.1 Å². The average molecular weight is 326 g/mol. The van der Waals surface area contributed by atoms with Gasteiger partial charge in [-0.3, -0.25) is 4.90 Å². The Kier molecular flexibility index (Phi) is 4.67. The van der Waals surface area contributed by atoms with Gasteiger partial charge in [-0.1, -0.05) is 0 Å². The molecule has 1 fully saturated rings. The zero-order valence-electron chi connectivity index (χ0n) is 12.7. The fourth-order valence-electron chi connectivity index (χ4n) is 2.87. The van der Waals surface area contributed by atoms with Crippen molar-refractivity contribution >= 4 is 10.0 Å². The molecule has 0 aliphatic carbocycles. The van der Waals surface area contributed by atoms with Crippen LogP contribution in [-0.2, 0) is 21.2 Å². The molecule has 7 heteroatoms. The van der Waals surface area contributed by atoms with Gasteiger partial charge in [0.25, 0.3) is 0 Å². The first kappa shape index (κ1) is 15.7. The quantitative estimate of drug-likeness (QED) is 0.859. The molecular weight excluding hydrogens is 304 g/mol. The van der Waals surface area contributed by atoms with Crippen molar-refractivity contribution in [2.45, 2.75) is 24.3 Å². The number of hydrogen-bond acceptors (Lipinski definition) is 5. The molecule has 2 heterocycles. The molecule has 0 amide bonds. The van der Waals surface area contributed by atoms with Crippen molar-refractivity contribution in [2.24, 2.45) is 0 Å².